The van der Waals surface area contributed by atoms with Crippen molar-refractivity contribution >= 4 is 27.3 Å². The predicted molar refractivity (Wildman–Crippen MR) is 100 cm³/mol. The van der Waals surface area contributed by atoms with Gasteiger partial charge < -0.3 is 14.6 Å². The first-order chi connectivity index (χ1) is 12.4. The molecule has 3 rings (SSSR count). The minimum absolute atomic E-state index is 0.166. The summed E-state index contributed by atoms with van der Waals surface area (Å²) in [4.78, 5) is 14.3. The average molecular weight is 377 g/mol. The van der Waals surface area contributed by atoms with Crippen molar-refractivity contribution in [3.05, 3.63) is 42.4 Å². The number of carbonyl (C=O) groups excluding carboxylic acids is 1. The number of sulfonamides is 1. The maximum absolute atomic E-state index is 12.9. The molecule has 1 aromatic heterocycles. The van der Waals surface area contributed by atoms with Crippen molar-refractivity contribution in [2.24, 2.45) is 0 Å². The fourth-order valence-electron chi connectivity index (χ4n) is 3.01. The quantitative estimate of drug-likeness (QED) is 0.866. The van der Waals surface area contributed by atoms with Crippen molar-refractivity contribution in [3.8, 4) is 0 Å². The van der Waals surface area contributed by atoms with Gasteiger partial charge in [-0.15, -0.1) is 0 Å². The second-order valence-corrected chi connectivity index (χ2v) is 8.41. The van der Waals surface area contributed by atoms with E-state index in [-0.39, 0.29) is 10.7 Å². The third-order valence-corrected chi connectivity index (χ3v) is 6.29. The number of benzene rings is 1. The molecule has 8 heteroatoms. The molecule has 26 heavy (non-hydrogen) atoms. The Hall–Kier alpha value is -2.32. The molecular weight excluding hydrogens is 354 g/mol. The van der Waals surface area contributed by atoms with Crippen molar-refractivity contribution in [3.63, 3.8) is 0 Å². The van der Waals surface area contributed by atoms with Gasteiger partial charge in [-0.3, -0.25) is 4.79 Å². The van der Waals surface area contributed by atoms with Crippen LogP contribution in [0.4, 0.5) is 11.4 Å². The molecule has 0 atom stereocenters. The Morgan fingerprint density at radius 1 is 1.15 bits per heavy atom. The summed E-state index contributed by atoms with van der Waals surface area (Å²) in [5, 5.41) is 2.75. The summed E-state index contributed by atoms with van der Waals surface area (Å²) >= 11 is 0. The Morgan fingerprint density at radius 3 is 2.50 bits per heavy atom. The molecule has 1 fully saturated rings. The first-order valence-corrected chi connectivity index (χ1v) is 10.00. The highest BCUT2D eigenvalue weighted by atomic mass is 32.2. The van der Waals surface area contributed by atoms with Crippen LogP contribution >= 0.6 is 0 Å². The highest BCUT2D eigenvalue weighted by Crippen LogP contribution is 2.30. The molecule has 1 aromatic carbocycles. The van der Waals surface area contributed by atoms with E-state index in [1.807, 2.05) is 19.0 Å². The SMILES string of the molecule is CN(C)c1ccc(S(=O)(=O)N2CCCCC2)cc1NC(=O)c1ccco1. The van der Waals surface area contributed by atoms with Crippen LogP contribution in [0.5, 0.6) is 0 Å². The van der Waals surface area contributed by atoms with Crippen molar-refractivity contribution in [1.29, 1.82) is 0 Å². The smallest absolute Gasteiger partial charge is 0.291 e. The third kappa shape index (κ3) is 3.76. The van der Waals surface area contributed by atoms with Crippen LogP contribution in [0, 0.1) is 0 Å². The van der Waals surface area contributed by atoms with Crippen LogP contribution in [0.3, 0.4) is 0 Å². The molecule has 1 N–H and O–H groups in total. The van der Waals surface area contributed by atoms with E-state index in [1.165, 1.54) is 16.6 Å². The number of carbonyl (C=O) groups is 1. The third-order valence-electron chi connectivity index (χ3n) is 4.40. The van der Waals surface area contributed by atoms with Gasteiger partial charge in [0.15, 0.2) is 5.76 Å². The summed E-state index contributed by atoms with van der Waals surface area (Å²) in [5.41, 5.74) is 1.14. The normalized spacial score (nSPS) is 15.6. The molecule has 0 spiro atoms. The van der Waals surface area contributed by atoms with E-state index in [9.17, 15) is 13.2 Å². The fraction of sp³-hybridized carbons (Fsp3) is 0.389. The van der Waals surface area contributed by atoms with E-state index < -0.39 is 15.9 Å². The van der Waals surface area contributed by atoms with Gasteiger partial charge in [-0.25, -0.2) is 8.42 Å². The number of piperidine rings is 1. The van der Waals surface area contributed by atoms with E-state index in [0.717, 1.165) is 19.3 Å². The molecule has 0 aliphatic carbocycles. The lowest BCUT2D eigenvalue weighted by Gasteiger charge is -2.26. The largest absolute Gasteiger partial charge is 0.459 e. The van der Waals surface area contributed by atoms with E-state index in [4.69, 9.17) is 4.42 Å². The number of hydrogen-bond acceptors (Lipinski definition) is 5. The zero-order chi connectivity index (χ0) is 18.7. The minimum atomic E-state index is -3.58. The maximum atomic E-state index is 12.9. The molecule has 7 nitrogen and oxygen atoms in total. The molecular formula is C18H23N3O4S. The van der Waals surface area contributed by atoms with Crippen LogP contribution in [-0.4, -0.2) is 45.8 Å². The summed E-state index contributed by atoms with van der Waals surface area (Å²) < 4.78 is 32.5. The van der Waals surface area contributed by atoms with Crippen LogP contribution in [0.15, 0.2) is 45.9 Å². The Balaban J connectivity index is 1.94. The van der Waals surface area contributed by atoms with Crippen molar-refractivity contribution < 1.29 is 17.6 Å². The highest BCUT2D eigenvalue weighted by Gasteiger charge is 2.27. The van der Waals surface area contributed by atoms with Gasteiger partial charge in [0.1, 0.15) is 0 Å². The van der Waals surface area contributed by atoms with Crippen LogP contribution in [0.2, 0.25) is 0 Å². The first kappa shape index (κ1) is 18.5. The second-order valence-electron chi connectivity index (χ2n) is 6.47. The van der Waals surface area contributed by atoms with E-state index in [2.05, 4.69) is 5.32 Å². The van der Waals surface area contributed by atoms with Crippen LogP contribution < -0.4 is 10.2 Å². The molecule has 1 amide bonds. The summed E-state index contributed by atoms with van der Waals surface area (Å²) in [6.07, 6.45) is 4.21. The van der Waals surface area contributed by atoms with Crippen LogP contribution in [-0.2, 0) is 10.0 Å². The lowest BCUT2D eigenvalue weighted by Crippen LogP contribution is -2.35. The molecule has 140 valence electrons. The van der Waals surface area contributed by atoms with Gasteiger partial charge in [-0.2, -0.15) is 4.31 Å². The first-order valence-electron chi connectivity index (χ1n) is 8.56. The standard InChI is InChI=1S/C18H23N3O4S/c1-20(2)16-9-8-14(26(23,24)21-10-4-3-5-11-21)13-15(16)19-18(22)17-7-6-12-25-17/h6-9,12-13H,3-5,10-11H2,1-2H3,(H,19,22). The molecule has 1 aliphatic rings. The monoisotopic (exact) mass is 377 g/mol. The number of amides is 1. The lowest BCUT2D eigenvalue weighted by atomic mass is 10.2. The Bertz CT molecular complexity index is 870. The topological polar surface area (TPSA) is 82.9 Å². The summed E-state index contributed by atoms with van der Waals surface area (Å²) in [7, 11) is 0.0836. The highest BCUT2D eigenvalue weighted by molar-refractivity contribution is 7.89. The molecule has 0 radical (unpaired) electrons. The van der Waals surface area contributed by atoms with Gasteiger partial charge in [0, 0.05) is 27.2 Å². The molecule has 1 aliphatic heterocycles. The summed E-state index contributed by atoms with van der Waals surface area (Å²) in [6, 6.07) is 7.98. The zero-order valence-electron chi connectivity index (χ0n) is 14.9. The Labute approximate surface area is 153 Å². The van der Waals surface area contributed by atoms with Gasteiger partial charge in [-0.1, -0.05) is 6.42 Å². The molecule has 0 bridgehead atoms. The second kappa shape index (κ2) is 7.51. The molecule has 0 unspecified atom stereocenters. The van der Waals surface area contributed by atoms with Crippen LogP contribution in [0.25, 0.3) is 0 Å². The van der Waals surface area contributed by atoms with Gasteiger partial charge in [-0.05, 0) is 43.2 Å². The predicted octanol–water partition coefficient (Wildman–Crippen LogP) is 2.77. The van der Waals surface area contributed by atoms with E-state index in [0.29, 0.717) is 24.5 Å². The van der Waals surface area contributed by atoms with Gasteiger partial charge in [0.2, 0.25) is 10.0 Å². The maximum Gasteiger partial charge on any atom is 0.291 e. The van der Waals surface area contributed by atoms with Gasteiger partial charge in [0.05, 0.1) is 22.5 Å². The molecule has 2 aromatic rings. The lowest BCUT2D eigenvalue weighted by molar-refractivity contribution is 0.0996. The number of anilines is 2. The Morgan fingerprint density at radius 2 is 1.88 bits per heavy atom. The zero-order valence-corrected chi connectivity index (χ0v) is 15.8. The fourth-order valence-corrected chi connectivity index (χ4v) is 4.56. The van der Waals surface area contributed by atoms with Crippen molar-refractivity contribution in [2.75, 3.05) is 37.4 Å². The van der Waals surface area contributed by atoms with E-state index in [1.54, 1.807) is 24.3 Å². The number of nitrogens with one attached hydrogen (secondary N) is 1. The minimum Gasteiger partial charge on any atom is -0.459 e. The van der Waals surface area contributed by atoms with Crippen LogP contribution in [0.1, 0.15) is 29.8 Å². The number of hydrogen-bond donors (Lipinski definition) is 1. The number of furan rings is 1. The molecule has 0 saturated carbocycles. The molecule has 2 heterocycles. The summed E-state index contributed by atoms with van der Waals surface area (Å²) in [6.45, 7) is 1.07. The van der Waals surface area contributed by atoms with E-state index >= 15 is 0 Å². The van der Waals surface area contributed by atoms with Crippen molar-refractivity contribution in [2.45, 2.75) is 24.2 Å². The number of nitrogens with zero attached hydrogens (tertiary/aromatic N) is 2. The van der Waals surface area contributed by atoms with Gasteiger partial charge >= 0.3 is 0 Å². The van der Waals surface area contributed by atoms with Crippen molar-refractivity contribution in [1.82, 2.24) is 4.31 Å². The van der Waals surface area contributed by atoms with Gasteiger partial charge in [0.25, 0.3) is 5.91 Å². The number of rotatable bonds is 5. The average Bonchev–Trinajstić information content (AvgIpc) is 3.17. The Kier molecular flexibility index (Phi) is 5.33. The molecule has 1 saturated heterocycles. The summed E-state index contributed by atoms with van der Waals surface area (Å²) in [5.74, 6) is -0.260.